The summed E-state index contributed by atoms with van der Waals surface area (Å²) in [5.41, 5.74) is 4.02. The van der Waals surface area contributed by atoms with Gasteiger partial charge in [0.1, 0.15) is 9.83 Å². The molecule has 0 saturated heterocycles. The molecule has 0 radical (unpaired) electrons. The molecule has 0 fully saturated rings. The molecule has 0 unspecified atom stereocenters. The quantitative estimate of drug-likeness (QED) is 0.133. The molecule has 35 heavy (non-hydrogen) atoms. The van der Waals surface area contributed by atoms with Crippen molar-refractivity contribution in [2.24, 2.45) is 20.5 Å². The van der Waals surface area contributed by atoms with Crippen molar-refractivity contribution in [2.45, 2.75) is 20.3 Å². The van der Waals surface area contributed by atoms with E-state index in [1.54, 1.807) is 6.92 Å². The third kappa shape index (κ3) is 6.87. The molecule has 1 N–H and O–H groups in total. The summed E-state index contributed by atoms with van der Waals surface area (Å²) in [5.74, 6) is -0.370. The first kappa shape index (κ1) is 24.4. The summed E-state index contributed by atoms with van der Waals surface area (Å²) in [6, 6.07) is 17.4. The van der Waals surface area contributed by atoms with E-state index in [2.05, 4.69) is 44.3 Å². The zero-order valence-corrected chi connectivity index (χ0v) is 21.0. The molecule has 4 aromatic rings. The van der Waals surface area contributed by atoms with Crippen molar-refractivity contribution in [3.05, 3.63) is 72.3 Å². The van der Waals surface area contributed by atoms with Crippen molar-refractivity contribution >= 4 is 65.4 Å². The average Bonchev–Trinajstić information content (AvgIpc) is 3.41. The Labute approximate surface area is 211 Å². The van der Waals surface area contributed by atoms with E-state index >= 15 is 0 Å². The normalized spacial score (nSPS) is 11.5. The first-order chi connectivity index (χ1) is 17.0. The van der Waals surface area contributed by atoms with Crippen LogP contribution in [0.4, 0.5) is 27.2 Å². The fourth-order valence-electron chi connectivity index (χ4n) is 2.98. The predicted molar refractivity (Wildman–Crippen MR) is 142 cm³/mol. The molecule has 0 atom stereocenters. The molecule has 2 heterocycles. The number of anilines is 1. The van der Waals surface area contributed by atoms with Crippen LogP contribution in [0.3, 0.4) is 0 Å². The number of aromatic nitrogens is 1. The molecule has 2 aromatic carbocycles. The Hall–Kier alpha value is -3.76. The molecular weight excluding hydrogens is 480 g/mol. The lowest BCUT2D eigenvalue weighted by atomic mass is 10.1. The van der Waals surface area contributed by atoms with Gasteiger partial charge in [-0.25, -0.2) is 9.78 Å². The van der Waals surface area contributed by atoms with Gasteiger partial charge in [0, 0.05) is 24.2 Å². The van der Waals surface area contributed by atoms with Gasteiger partial charge in [0.05, 0.1) is 22.7 Å². The molecule has 0 amide bonds. The van der Waals surface area contributed by atoms with Gasteiger partial charge in [-0.1, -0.05) is 41.4 Å². The molecule has 2 aromatic heterocycles. The maximum absolute atomic E-state index is 11.4. The zero-order chi connectivity index (χ0) is 24.6. The summed E-state index contributed by atoms with van der Waals surface area (Å²) in [6.07, 6.45) is 0.629. The molecule has 4 rings (SSSR count). The lowest BCUT2D eigenvalue weighted by Gasteiger charge is -2.04. The minimum Gasteiger partial charge on any atom is -0.462 e. The Morgan fingerprint density at radius 1 is 1.00 bits per heavy atom. The van der Waals surface area contributed by atoms with Crippen LogP contribution in [-0.2, 0) is 16.0 Å². The van der Waals surface area contributed by atoms with Crippen molar-refractivity contribution in [3.8, 4) is 0 Å². The molecule has 0 aliphatic rings. The number of azo groups is 2. The van der Waals surface area contributed by atoms with Crippen molar-refractivity contribution in [1.82, 2.24) is 4.98 Å². The predicted octanol–water partition coefficient (Wildman–Crippen LogP) is 8.28. The van der Waals surface area contributed by atoms with Crippen molar-refractivity contribution < 1.29 is 9.53 Å². The lowest BCUT2D eigenvalue weighted by molar-refractivity contribution is -0.138. The van der Waals surface area contributed by atoms with Gasteiger partial charge in [0.2, 0.25) is 5.13 Å². The summed E-state index contributed by atoms with van der Waals surface area (Å²) in [4.78, 5) is 16.8. The van der Waals surface area contributed by atoms with Crippen LogP contribution >= 0.6 is 22.7 Å². The smallest absolute Gasteiger partial charge is 0.333 e. The summed E-state index contributed by atoms with van der Waals surface area (Å²) < 4.78 is 6.12. The van der Waals surface area contributed by atoms with E-state index in [1.807, 2.05) is 54.6 Å². The highest BCUT2D eigenvalue weighted by Crippen LogP contribution is 2.39. The lowest BCUT2D eigenvalue weighted by Crippen LogP contribution is -2.07. The van der Waals surface area contributed by atoms with Gasteiger partial charge in [-0.05, 0) is 61.9 Å². The van der Waals surface area contributed by atoms with Gasteiger partial charge in [-0.15, -0.1) is 20.5 Å². The van der Waals surface area contributed by atoms with Gasteiger partial charge in [0.25, 0.3) is 0 Å². The number of hydrogen-bond donors (Lipinski definition) is 1. The molecule has 0 aliphatic carbocycles. The van der Waals surface area contributed by atoms with Crippen LogP contribution in [0.5, 0.6) is 0 Å². The standard InChI is InChI=1S/C25H24N6O2S2/c1-4-26-18-9-11-20(12-10-18)29-31-25-27-23-21(34-25)15-22(35-23)30-28-19-7-5-17(6-8-19)13-14-33-24(32)16(2)3/h5-12,15,26H,2,4,13-14H2,1,3H3. The third-order valence-electron chi connectivity index (χ3n) is 4.74. The van der Waals surface area contributed by atoms with Crippen LogP contribution in [0.25, 0.3) is 9.53 Å². The number of thiazole rings is 1. The van der Waals surface area contributed by atoms with Crippen LogP contribution in [-0.4, -0.2) is 24.1 Å². The van der Waals surface area contributed by atoms with Crippen molar-refractivity contribution in [2.75, 3.05) is 18.5 Å². The van der Waals surface area contributed by atoms with E-state index in [-0.39, 0.29) is 5.97 Å². The molecule has 0 spiro atoms. The summed E-state index contributed by atoms with van der Waals surface area (Å²) in [5, 5.41) is 21.8. The van der Waals surface area contributed by atoms with Crippen LogP contribution in [0.15, 0.2) is 87.2 Å². The summed E-state index contributed by atoms with van der Waals surface area (Å²) in [7, 11) is 0. The number of carbonyl (C=O) groups is 1. The van der Waals surface area contributed by atoms with Crippen LogP contribution < -0.4 is 5.32 Å². The number of carbonyl (C=O) groups excluding carboxylic acids is 1. The number of nitrogens with zero attached hydrogens (tertiary/aromatic N) is 5. The van der Waals surface area contributed by atoms with Crippen LogP contribution in [0.1, 0.15) is 19.4 Å². The van der Waals surface area contributed by atoms with E-state index in [4.69, 9.17) is 4.74 Å². The minimum atomic E-state index is -0.370. The highest BCUT2D eigenvalue weighted by atomic mass is 32.1. The van der Waals surface area contributed by atoms with E-state index in [0.29, 0.717) is 23.7 Å². The Balaban J connectivity index is 1.33. The molecule has 178 valence electrons. The second-order valence-electron chi connectivity index (χ2n) is 7.56. The topological polar surface area (TPSA) is 101 Å². The number of esters is 1. The van der Waals surface area contributed by atoms with Gasteiger partial charge >= 0.3 is 5.97 Å². The minimum absolute atomic E-state index is 0.315. The molecule has 10 heteroatoms. The fraction of sp³-hybridized carbons (Fsp3) is 0.200. The Bertz CT molecular complexity index is 1340. The Kier molecular flexibility index (Phi) is 8.07. The number of thiophene rings is 1. The number of fused-ring (bicyclic) bond motifs is 1. The third-order valence-corrected chi connectivity index (χ3v) is 6.67. The number of ether oxygens (including phenoxy) is 1. The number of nitrogens with one attached hydrogen (secondary N) is 1. The first-order valence-corrected chi connectivity index (χ1v) is 12.6. The van der Waals surface area contributed by atoms with Crippen LogP contribution in [0, 0.1) is 0 Å². The van der Waals surface area contributed by atoms with E-state index < -0.39 is 0 Å². The molecule has 8 nitrogen and oxygen atoms in total. The molecule has 0 bridgehead atoms. The van der Waals surface area contributed by atoms with E-state index in [0.717, 1.165) is 43.7 Å². The second kappa shape index (κ2) is 11.6. The summed E-state index contributed by atoms with van der Waals surface area (Å²) in [6.45, 7) is 8.45. The largest absolute Gasteiger partial charge is 0.462 e. The van der Waals surface area contributed by atoms with E-state index in [9.17, 15) is 4.79 Å². The maximum atomic E-state index is 11.4. The highest BCUT2D eigenvalue weighted by molar-refractivity contribution is 7.30. The number of hydrogen-bond acceptors (Lipinski definition) is 10. The van der Waals surface area contributed by atoms with E-state index in [1.165, 1.54) is 22.7 Å². The summed E-state index contributed by atoms with van der Waals surface area (Å²) >= 11 is 2.93. The maximum Gasteiger partial charge on any atom is 0.333 e. The molecule has 0 saturated carbocycles. The highest BCUT2D eigenvalue weighted by Gasteiger charge is 2.08. The Morgan fingerprint density at radius 3 is 2.34 bits per heavy atom. The van der Waals surface area contributed by atoms with Crippen molar-refractivity contribution in [1.29, 1.82) is 0 Å². The SMILES string of the molecule is C=C(C)C(=O)OCCc1ccc(N=Nc2cc3sc(N=Nc4ccc(NCC)cc4)nc3s2)cc1. The zero-order valence-electron chi connectivity index (χ0n) is 19.4. The fourth-order valence-corrected chi connectivity index (χ4v) is 4.82. The molecule has 0 aliphatic heterocycles. The van der Waals surface area contributed by atoms with Gasteiger partial charge < -0.3 is 10.1 Å². The monoisotopic (exact) mass is 504 g/mol. The number of benzene rings is 2. The first-order valence-electron chi connectivity index (χ1n) is 11.0. The van der Waals surface area contributed by atoms with Gasteiger partial charge in [-0.3, -0.25) is 0 Å². The van der Waals surface area contributed by atoms with Gasteiger partial charge in [0.15, 0.2) is 0 Å². The average molecular weight is 505 g/mol. The number of rotatable bonds is 10. The Morgan fingerprint density at radius 2 is 1.69 bits per heavy atom. The van der Waals surface area contributed by atoms with Gasteiger partial charge in [-0.2, -0.15) is 0 Å². The molecular formula is C25H24N6O2S2. The van der Waals surface area contributed by atoms with Crippen molar-refractivity contribution in [3.63, 3.8) is 0 Å². The second-order valence-corrected chi connectivity index (χ2v) is 9.58. The van der Waals surface area contributed by atoms with Crippen LogP contribution in [0.2, 0.25) is 0 Å².